The van der Waals surface area contributed by atoms with Crippen LogP contribution in [-0.4, -0.2) is 22.3 Å². The summed E-state index contributed by atoms with van der Waals surface area (Å²) >= 11 is 3.35. The molecule has 3 heterocycles. The molecule has 1 amide bonds. The minimum atomic E-state index is 0.191. The van der Waals surface area contributed by atoms with Crippen molar-refractivity contribution in [2.45, 2.75) is 25.3 Å². The minimum absolute atomic E-state index is 0.191. The highest BCUT2D eigenvalue weighted by Gasteiger charge is 2.30. The third kappa shape index (κ3) is 3.14. The van der Waals surface area contributed by atoms with Gasteiger partial charge in [0.2, 0.25) is 5.91 Å². The summed E-state index contributed by atoms with van der Waals surface area (Å²) in [6, 6.07) is 14.6. The van der Waals surface area contributed by atoms with Crippen LogP contribution in [0, 0.1) is 0 Å². The van der Waals surface area contributed by atoms with Crippen LogP contribution in [-0.2, 0) is 11.2 Å². The van der Waals surface area contributed by atoms with Crippen LogP contribution in [0.2, 0.25) is 0 Å². The molecule has 0 spiro atoms. The number of nitrogens with zero attached hydrogens (tertiary/aromatic N) is 2. The molecule has 1 fully saturated rings. The van der Waals surface area contributed by atoms with E-state index in [2.05, 4.69) is 34.6 Å². The van der Waals surface area contributed by atoms with Crippen LogP contribution in [0.4, 0.5) is 0 Å². The molecule has 0 bridgehead atoms. The molecule has 0 N–H and O–H groups in total. The monoisotopic (exact) mass is 354 g/mol. The zero-order chi connectivity index (χ0) is 16.4. The van der Waals surface area contributed by atoms with E-state index in [0.717, 1.165) is 35.7 Å². The van der Waals surface area contributed by atoms with Gasteiger partial charge in [-0.1, -0.05) is 36.4 Å². The van der Waals surface area contributed by atoms with Gasteiger partial charge in [-0.25, -0.2) is 4.98 Å². The van der Waals surface area contributed by atoms with Crippen molar-refractivity contribution >= 4 is 28.6 Å². The van der Waals surface area contributed by atoms with Crippen LogP contribution in [0.25, 0.3) is 10.6 Å². The number of thiophene rings is 1. The van der Waals surface area contributed by atoms with E-state index in [1.54, 1.807) is 22.7 Å². The third-order valence-corrected chi connectivity index (χ3v) is 6.26. The quantitative estimate of drug-likeness (QED) is 0.676. The summed E-state index contributed by atoms with van der Waals surface area (Å²) in [7, 11) is 0. The predicted octanol–water partition coefficient (Wildman–Crippen LogP) is 4.78. The minimum Gasteiger partial charge on any atom is -0.335 e. The molecule has 1 atom stereocenters. The molecule has 0 unspecified atom stereocenters. The average molecular weight is 355 g/mol. The number of benzene rings is 1. The van der Waals surface area contributed by atoms with E-state index < -0.39 is 0 Å². The maximum Gasteiger partial charge on any atom is 0.229 e. The topological polar surface area (TPSA) is 33.2 Å². The highest BCUT2D eigenvalue weighted by atomic mass is 32.1. The van der Waals surface area contributed by atoms with Crippen molar-refractivity contribution in [1.29, 1.82) is 0 Å². The van der Waals surface area contributed by atoms with Crippen LogP contribution in [0.1, 0.15) is 29.5 Å². The van der Waals surface area contributed by atoms with Crippen molar-refractivity contribution in [2.75, 3.05) is 6.54 Å². The lowest BCUT2D eigenvalue weighted by Gasteiger charge is -2.23. The highest BCUT2D eigenvalue weighted by molar-refractivity contribution is 7.13. The Morgan fingerprint density at radius 3 is 2.83 bits per heavy atom. The van der Waals surface area contributed by atoms with Crippen molar-refractivity contribution < 1.29 is 4.79 Å². The van der Waals surface area contributed by atoms with Crippen LogP contribution < -0.4 is 0 Å². The first-order chi connectivity index (χ1) is 11.8. The molecular weight excluding hydrogens is 336 g/mol. The van der Waals surface area contributed by atoms with E-state index in [4.69, 9.17) is 0 Å². The number of hydrogen-bond donors (Lipinski definition) is 0. The molecule has 0 aliphatic carbocycles. The van der Waals surface area contributed by atoms with Crippen molar-refractivity contribution in [1.82, 2.24) is 9.88 Å². The molecule has 24 heavy (non-hydrogen) atoms. The lowest BCUT2D eigenvalue weighted by atomic mass is 10.2. The summed E-state index contributed by atoms with van der Waals surface area (Å²) in [5.41, 5.74) is 1.99. The SMILES string of the molecule is O=C(Cc1csc(-c2ccccc2)n1)N1CCC[C@@H]1c1cccs1. The van der Waals surface area contributed by atoms with E-state index in [1.165, 1.54) is 4.88 Å². The van der Waals surface area contributed by atoms with Gasteiger partial charge in [0.1, 0.15) is 5.01 Å². The molecule has 4 rings (SSSR count). The smallest absolute Gasteiger partial charge is 0.229 e. The summed E-state index contributed by atoms with van der Waals surface area (Å²) in [5, 5.41) is 5.08. The highest BCUT2D eigenvalue weighted by Crippen LogP contribution is 2.35. The molecule has 122 valence electrons. The molecule has 0 radical (unpaired) electrons. The summed E-state index contributed by atoms with van der Waals surface area (Å²) in [6.45, 7) is 0.858. The van der Waals surface area contributed by atoms with Gasteiger partial charge < -0.3 is 4.90 Å². The molecule has 0 saturated carbocycles. The van der Waals surface area contributed by atoms with E-state index in [1.807, 2.05) is 28.5 Å². The molecule has 1 aliphatic rings. The molecule has 2 aromatic heterocycles. The predicted molar refractivity (Wildman–Crippen MR) is 99.3 cm³/mol. The first-order valence-corrected chi connectivity index (χ1v) is 9.90. The second kappa shape index (κ2) is 6.87. The van der Waals surface area contributed by atoms with Gasteiger partial charge in [0, 0.05) is 22.4 Å². The van der Waals surface area contributed by atoms with E-state index >= 15 is 0 Å². The largest absolute Gasteiger partial charge is 0.335 e. The number of aromatic nitrogens is 1. The normalized spacial score (nSPS) is 17.3. The third-order valence-electron chi connectivity index (χ3n) is 4.35. The van der Waals surface area contributed by atoms with Gasteiger partial charge in [-0.15, -0.1) is 22.7 Å². The molecule has 1 aromatic carbocycles. The van der Waals surface area contributed by atoms with E-state index in [0.29, 0.717) is 6.42 Å². The standard InChI is InChI=1S/C19H18N2OS2/c22-18(21-10-4-8-16(21)17-9-5-11-23-17)12-15-13-24-19(20-15)14-6-2-1-3-7-14/h1-3,5-7,9,11,13,16H,4,8,10,12H2/t16-/m1/s1. The van der Waals surface area contributed by atoms with Crippen molar-refractivity contribution in [3.05, 3.63) is 63.8 Å². The summed E-state index contributed by atoms with van der Waals surface area (Å²) < 4.78 is 0. The summed E-state index contributed by atoms with van der Waals surface area (Å²) in [4.78, 5) is 20.7. The molecule has 3 nitrogen and oxygen atoms in total. The Morgan fingerprint density at radius 1 is 1.17 bits per heavy atom. The summed E-state index contributed by atoms with van der Waals surface area (Å²) in [6.07, 6.45) is 2.55. The molecule has 3 aromatic rings. The second-order valence-electron chi connectivity index (χ2n) is 5.95. The Labute approximate surface area is 149 Å². The molecular formula is C19H18N2OS2. The van der Waals surface area contributed by atoms with Gasteiger partial charge in [0.05, 0.1) is 18.2 Å². The van der Waals surface area contributed by atoms with Gasteiger partial charge in [-0.3, -0.25) is 4.79 Å². The Kier molecular flexibility index (Phi) is 4.45. The Morgan fingerprint density at radius 2 is 2.04 bits per heavy atom. The van der Waals surface area contributed by atoms with Crippen LogP contribution in [0.5, 0.6) is 0 Å². The first-order valence-electron chi connectivity index (χ1n) is 8.14. The lowest BCUT2D eigenvalue weighted by molar-refractivity contribution is -0.131. The average Bonchev–Trinajstić information content (AvgIpc) is 3.36. The number of carbonyl (C=O) groups excluding carboxylic acids is 1. The Hall–Kier alpha value is -1.98. The van der Waals surface area contributed by atoms with Gasteiger partial charge >= 0.3 is 0 Å². The number of thiazole rings is 1. The molecule has 1 saturated heterocycles. The van der Waals surface area contributed by atoms with Crippen molar-refractivity contribution in [3.8, 4) is 10.6 Å². The first kappa shape index (κ1) is 15.5. The second-order valence-corrected chi connectivity index (χ2v) is 7.78. The van der Waals surface area contributed by atoms with Crippen LogP contribution in [0.3, 0.4) is 0 Å². The zero-order valence-electron chi connectivity index (χ0n) is 13.2. The number of amides is 1. The fourth-order valence-electron chi connectivity index (χ4n) is 3.20. The zero-order valence-corrected chi connectivity index (χ0v) is 14.9. The van der Waals surface area contributed by atoms with E-state index in [9.17, 15) is 4.79 Å². The summed E-state index contributed by atoms with van der Waals surface area (Å²) in [5.74, 6) is 0.191. The van der Waals surface area contributed by atoms with E-state index in [-0.39, 0.29) is 11.9 Å². The van der Waals surface area contributed by atoms with Crippen molar-refractivity contribution in [2.24, 2.45) is 0 Å². The number of likely N-dealkylation sites (tertiary alicyclic amines) is 1. The fourth-order valence-corrected chi connectivity index (χ4v) is 4.90. The lowest BCUT2D eigenvalue weighted by Crippen LogP contribution is -2.31. The van der Waals surface area contributed by atoms with Gasteiger partial charge in [0.15, 0.2) is 0 Å². The van der Waals surface area contributed by atoms with Crippen LogP contribution in [0.15, 0.2) is 53.2 Å². The van der Waals surface area contributed by atoms with Gasteiger partial charge in [0.25, 0.3) is 0 Å². The maximum atomic E-state index is 12.8. The maximum absolute atomic E-state index is 12.8. The number of rotatable bonds is 4. The Balaban J connectivity index is 1.47. The van der Waals surface area contributed by atoms with Gasteiger partial charge in [-0.05, 0) is 24.3 Å². The Bertz CT molecular complexity index is 811. The number of hydrogen-bond acceptors (Lipinski definition) is 4. The van der Waals surface area contributed by atoms with Crippen LogP contribution >= 0.6 is 22.7 Å². The van der Waals surface area contributed by atoms with Crippen molar-refractivity contribution in [3.63, 3.8) is 0 Å². The molecule has 5 heteroatoms. The number of carbonyl (C=O) groups is 1. The van der Waals surface area contributed by atoms with Gasteiger partial charge in [-0.2, -0.15) is 0 Å². The fraction of sp³-hybridized carbons (Fsp3) is 0.263. The molecule has 1 aliphatic heterocycles.